The molecule has 0 amide bonds. The standard InChI is InChI=1S/C64H124O6/c1-6-7-8-9-10-11-12-13-14-15-16-17-24-29-34-39-44-49-54-62(65)68-57-61(70-64(67)56-51-46-41-36-31-26-21-19-23-28-33-38-43-48-53-60(4)5)58-69-63(66)55-50-45-40-35-30-25-20-18-22-27-32-37-42-47-52-59(2)3/h59-61H,6-58H2,1-5H3/t61-/m1/s1. The molecule has 0 fully saturated rings. The summed E-state index contributed by atoms with van der Waals surface area (Å²) in [4.78, 5) is 38.3. The fraction of sp³-hybridized carbons (Fsp3) is 0.953. The van der Waals surface area contributed by atoms with Gasteiger partial charge in [-0.25, -0.2) is 0 Å². The van der Waals surface area contributed by atoms with Gasteiger partial charge in [0.2, 0.25) is 0 Å². The maximum Gasteiger partial charge on any atom is 0.306 e. The van der Waals surface area contributed by atoms with Crippen molar-refractivity contribution in [2.24, 2.45) is 11.8 Å². The van der Waals surface area contributed by atoms with Gasteiger partial charge < -0.3 is 14.2 Å². The first-order valence-corrected chi connectivity index (χ1v) is 31.7. The van der Waals surface area contributed by atoms with E-state index >= 15 is 0 Å². The Morgan fingerprint density at radius 3 is 0.700 bits per heavy atom. The van der Waals surface area contributed by atoms with Crippen molar-refractivity contribution in [2.75, 3.05) is 13.2 Å². The van der Waals surface area contributed by atoms with Gasteiger partial charge in [0.25, 0.3) is 0 Å². The number of ether oxygens (including phenoxy) is 3. The zero-order valence-electron chi connectivity index (χ0n) is 48.2. The van der Waals surface area contributed by atoms with E-state index in [1.165, 1.54) is 250 Å². The van der Waals surface area contributed by atoms with Crippen LogP contribution in [0, 0.1) is 11.8 Å². The molecule has 0 rings (SSSR count). The van der Waals surface area contributed by atoms with Crippen LogP contribution in [0.15, 0.2) is 0 Å². The second kappa shape index (κ2) is 56.7. The van der Waals surface area contributed by atoms with Crippen LogP contribution >= 0.6 is 0 Å². The summed E-state index contributed by atoms with van der Waals surface area (Å²) in [6.45, 7) is 11.5. The van der Waals surface area contributed by atoms with Crippen LogP contribution in [0.25, 0.3) is 0 Å². The van der Waals surface area contributed by atoms with Gasteiger partial charge in [-0.2, -0.15) is 0 Å². The maximum absolute atomic E-state index is 12.9. The lowest BCUT2D eigenvalue weighted by atomic mass is 10.0. The lowest BCUT2D eigenvalue weighted by Crippen LogP contribution is -2.30. The third kappa shape index (κ3) is 57.3. The Labute approximate surface area is 438 Å². The monoisotopic (exact) mass is 989 g/mol. The van der Waals surface area contributed by atoms with E-state index in [4.69, 9.17) is 14.2 Å². The molecule has 1 atom stereocenters. The Balaban J connectivity index is 4.29. The van der Waals surface area contributed by atoms with Crippen LogP contribution in [-0.4, -0.2) is 37.2 Å². The Morgan fingerprint density at radius 2 is 0.471 bits per heavy atom. The summed E-state index contributed by atoms with van der Waals surface area (Å²) < 4.78 is 17.0. The molecule has 0 saturated heterocycles. The summed E-state index contributed by atoms with van der Waals surface area (Å²) in [7, 11) is 0. The Kier molecular flexibility index (Phi) is 55.4. The van der Waals surface area contributed by atoms with Crippen molar-refractivity contribution in [3.05, 3.63) is 0 Å². The lowest BCUT2D eigenvalue weighted by molar-refractivity contribution is -0.167. The number of esters is 3. The minimum atomic E-state index is -0.764. The SMILES string of the molecule is CCCCCCCCCCCCCCCCCCCCC(=O)OC[C@H](COC(=O)CCCCCCCCCCCCCCCCC(C)C)OC(=O)CCCCCCCCCCCCCCCCC(C)C. The molecule has 0 spiro atoms. The van der Waals surface area contributed by atoms with Gasteiger partial charge in [-0.05, 0) is 31.1 Å². The predicted octanol–water partition coefficient (Wildman–Crippen LogP) is 21.2. The summed E-state index contributed by atoms with van der Waals surface area (Å²) in [6, 6.07) is 0. The minimum absolute atomic E-state index is 0.0619. The molecule has 0 aromatic rings. The Bertz CT molecular complexity index is 1070. The van der Waals surface area contributed by atoms with Gasteiger partial charge in [-0.15, -0.1) is 0 Å². The van der Waals surface area contributed by atoms with Crippen LogP contribution in [0.4, 0.5) is 0 Å². The fourth-order valence-electron chi connectivity index (χ4n) is 9.93. The van der Waals surface area contributed by atoms with Crippen molar-refractivity contribution in [1.82, 2.24) is 0 Å². The molecule has 6 nitrogen and oxygen atoms in total. The van der Waals surface area contributed by atoms with Crippen molar-refractivity contribution in [1.29, 1.82) is 0 Å². The number of unbranched alkanes of at least 4 members (excludes halogenated alkanes) is 43. The van der Waals surface area contributed by atoms with Gasteiger partial charge in [0, 0.05) is 19.3 Å². The zero-order chi connectivity index (χ0) is 51.1. The molecular formula is C64H124O6. The summed E-state index contributed by atoms with van der Waals surface area (Å²) >= 11 is 0. The predicted molar refractivity (Wildman–Crippen MR) is 303 cm³/mol. The van der Waals surface area contributed by atoms with Crippen LogP contribution in [0.5, 0.6) is 0 Å². The fourth-order valence-corrected chi connectivity index (χ4v) is 9.93. The Morgan fingerprint density at radius 1 is 0.271 bits per heavy atom. The van der Waals surface area contributed by atoms with Crippen molar-refractivity contribution in [3.8, 4) is 0 Å². The van der Waals surface area contributed by atoms with E-state index in [0.717, 1.165) is 69.6 Å². The third-order valence-electron chi connectivity index (χ3n) is 14.7. The zero-order valence-corrected chi connectivity index (χ0v) is 48.2. The lowest BCUT2D eigenvalue weighted by Gasteiger charge is -2.18. The Hall–Kier alpha value is -1.59. The topological polar surface area (TPSA) is 78.9 Å². The molecule has 0 bridgehead atoms. The second-order valence-electron chi connectivity index (χ2n) is 23.0. The number of rotatable bonds is 58. The number of carbonyl (C=O) groups excluding carboxylic acids is 3. The normalized spacial score (nSPS) is 12.0. The molecule has 0 aliphatic heterocycles. The van der Waals surface area contributed by atoms with Gasteiger partial charge in [-0.3, -0.25) is 14.4 Å². The highest BCUT2D eigenvalue weighted by atomic mass is 16.6. The van der Waals surface area contributed by atoms with E-state index in [0.29, 0.717) is 19.3 Å². The van der Waals surface area contributed by atoms with Crippen molar-refractivity contribution in [3.63, 3.8) is 0 Å². The molecule has 6 heteroatoms. The molecule has 0 unspecified atom stereocenters. The van der Waals surface area contributed by atoms with Crippen molar-refractivity contribution >= 4 is 17.9 Å². The van der Waals surface area contributed by atoms with Gasteiger partial charge in [-0.1, -0.05) is 324 Å². The van der Waals surface area contributed by atoms with E-state index in [1.807, 2.05) is 0 Å². The van der Waals surface area contributed by atoms with Crippen LogP contribution in [0.3, 0.4) is 0 Å². The summed E-state index contributed by atoms with van der Waals surface area (Å²) in [5.41, 5.74) is 0. The average molecular weight is 990 g/mol. The van der Waals surface area contributed by atoms with Crippen molar-refractivity contribution in [2.45, 2.75) is 368 Å². The minimum Gasteiger partial charge on any atom is -0.462 e. The van der Waals surface area contributed by atoms with Crippen LogP contribution in [0.2, 0.25) is 0 Å². The van der Waals surface area contributed by atoms with E-state index in [-0.39, 0.29) is 31.1 Å². The summed E-state index contributed by atoms with van der Waals surface area (Å²) in [5.74, 6) is 0.857. The van der Waals surface area contributed by atoms with Gasteiger partial charge in [0.1, 0.15) is 13.2 Å². The smallest absolute Gasteiger partial charge is 0.306 e. The molecule has 0 heterocycles. The molecule has 0 aliphatic rings. The molecule has 0 aliphatic carbocycles. The van der Waals surface area contributed by atoms with E-state index < -0.39 is 6.10 Å². The highest BCUT2D eigenvalue weighted by Gasteiger charge is 2.19. The molecule has 0 aromatic heterocycles. The van der Waals surface area contributed by atoms with Crippen LogP contribution < -0.4 is 0 Å². The van der Waals surface area contributed by atoms with E-state index in [2.05, 4.69) is 34.6 Å². The molecule has 0 aromatic carbocycles. The largest absolute Gasteiger partial charge is 0.462 e. The quantitative estimate of drug-likeness (QED) is 0.0343. The van der Waals surface area contributed by atoms with Crippen LogP contribution in [-0.2, 0) is 28.6 Å². The molecule has 0 saturated carbocycles. The molecule has 0 radical (unpaired) electrons. The maximum atomic E-state index is 12.9. The first-order chi connectivity index (χ1) is 34.2. The number of carbonyl (C=O) groups is 3. The van der Waals surface area contributed by atoms with Crippen molar-refractivity contribution < 1.29 is 28.6 Å². The molecular weight excluding hydrogens is 865 g/mol. The van der Waals surface area contributed by atoms with Gasteiger partial charge in [0.15, 0.2) is 6.10 Å². The third-order valence-corrected chi connectivity index (χ3v) is 14.7. The summed E-state index contributed by atoms with van der Waals surface area (Å²) in [6.07, 6.45) is 62.4. The molecule has 416 valence electrons. The molecule has 0 N–H and O–H groups in total. The average Bonchev–Trinajstić information content (AvgIpc) is 3.33. The first kappa shape index (κ1) is 68.4. The molecule has 70 heavy (non-hydrogen) atoms. The van der Waals surface area contributed by atoms with E-state index in [1.54, 1.807) is 0 Å². The van der Waals surface area contributed by atoms with Crippen LogP contribution in [0.1, 0.15) is 362 Å². The first-order valence-electron chi connectivity index (χ1n) is 31.7. The van der Waals surface area contributed by atoms with Gasteiger partial charge in [0.05, 0.1) is 0 Å². The number of hydrogen-bond donors (Lipinski definition) is 0. The van der Waals surface area contributed by atoms with Gasteiger partial charge >= 0.3 is 17.9 Å². The second-order valence-corrected chi connectivity index (χ2v) is 23.0. The highest BCUT2D eigenvalue weighted by Crippen LogP contribution is 2.19. The highest BCUT2D eigenvalue weighted by molar-refractivity contribution is 5.71. The van der Waals surface area contributed by atoms with E-state index in [9.17, 15) is 14.4 Å². The number of hydrogen-bond acceptors (Lipinski definition) is 6. The summed E-state index contributed by atoms with van der Waals surface area (Å²) in [5, 5.41) is 0.